The van der Waals surface area contributed by atoms with Crippen molar-refractivity contribution >= 4 is 0 Å². The Bertz CT molecular complexity index is 4920. The number of ether oxygens (including phenoxy) is 10. The van der Waals surface area contributed by atoms with Gasteiger partial charge in [-0.1, -0.05) is 137 Å². The molecular weight excluding hydrogens is 1340 g/mol. The second-order valence-electron chi connectivity index (χ2n) is 33.4. The van der Waals surface area contributed by atoms with E-state index in [0.29, 0.717) is 114 Å². The molecule has 22 nitrogen and oxygen atoms in total. The van der Waals surface area contributed by atoms with Crippen LogP contribution in [-0.4, -0.2) is 88.2 Å². The van der Waals surface area contributed by atoms with E-state index in [1.165, 1.54) is 0 Å². The number of aromatic nitrogens is 12. The molecule has 4 aromatic heterocycles. The van der Waals surface area contributed by atoms with Crippen LogP contribution < -0.4 is 47.4 Å². The van der Waals surface area contributed by atoms with Crippen LogP contribution in [0.5, 0.6) is 93.6 Å². The van der Waals surface area contributed by atoms with Crippen LogP contribution >= 0.6 is 0 Å². The van der Waals surface area contributed by atoms with Gasteiger partial charge in [-0.15, -0.1) is 15.0 Å². The first kappa shape index (κ1) is 78.0. The van der Waals surface area contributed by atoms with Crippen LogP contribution in [0.1, 0.15) is 204 Å². The summed E-state index contributed by atoms with van der Waals surface area (Å²) in [5.74, 6) is 6.62. The van der Waals surface area contributed by atoms with Gasteiger partial charge in [0.15, 0.2) is 46.0 Å². The van der Waals surface area contributed by atoms with Gasteiger partial charge in [0.25, 0.3) is 0 Å². The topological polar surface area (TPSA) is 247 Å². The molecule has 4 heterocycles. The van der Waals surface area contributed by atoms with Gasteiger partial charge in [0.1, 0.15) is 46.4 Å². The Morgan fingerprint density at radius 1 is 0.198 bits per heavy atom. The molecule has 0 amide bonds. The molecule has 0 saturated heterocycles. The highest BCUT2D eigenvalue weighted by atomic mass is 16.6. The highest BCUT2D eigenvalue weighted by Gasteiger charge is 2.34. The predicted molar refractivity (Wildman–Crippen MR) is 412 cm³/mol. The van der Waals surface area contributed by atoms with Crippen LogP contribution in [0.25, 0.3) is 33.4 Å². The van der Waals surface area contributed by atoms with E-state index in [9.17, 15) is 0 Å². The van der Waals surface area contributed by atoms with Crippen molar-refractivity contribution < 1.29 is 47.4 Å². The van der Waals surface area contributed by atoms with E-state index in [1.807, 2.05) is 211 Å². The van der Waals surface area contributed by atoms with Crippen molar-refractivity contribution in [3.63, 3.8) is 0 Å². The summed E-state index contributed by atoms with van der Waals surface area (Å²) in [7, 11) is 6.30. The molecule has 558 valence electrons. The molecule has 0 aliphatic carbocycles. The number of benzene rings is 6. The zero-order valence-corrected chi connectivity index (χ0v) is 67.4. The van der Waals surface area contributed by atoms with E-state index in [4.69, 9.17) is 107 Å². The first-order valence-corrected chi connectivity index (χ1v) is 35.4. The summed E-state index contributed by atoms with van der Waals surface area (Å²) in [4.78, 5) is 59.4. The van der Waals surface area contributed by atoms with E-state index in [1.54, 1.807) is 28.4 Å². The molecular formula is C84H102N12O10. The molecule has 0 spiro atoms. The van der Waals surface area contributed by atoms with Crippen LogP contribution in [0.2, 0.25) is 0 Å². The number of hydrogen-bond acceptors (Lipinski definition) is 22. The highest BCUT2D eigenvalue weighted by Crippen LogP contribution is 2.53. The summed E-state index contributed by atoms with van der Waals surface area (Å²) in [6, 6.07) is 22.9. The maximum absolute atomic E-state index is 7.20. The van der Waals surface area contributed by atoms with E-state index in [0.717, 1.165) is 38.9 Å². The third kappa shape index (κ3) is 17.5. The van der Waals surface area contributed by atoms with Gasteiger partial charge in [-0.05, 0) is 161 Å². The number of hydrogen-bond donors (Lipinski definition) is 0. The average molecular weight is 1440 g/mol. The quantitative estimate of drug-likeness (QED) is 0.0730. The van der Waals surface area contributed by atoms with Gasteiger partial charge in [0.2, 0.25) is 0 Å². The van der Waals surface area contributed by atoms with Gasteiger partial charge >= 0.3 is 36.1 Å². The van der Waals surface area contributed by atoms with Crippen LogP contribution in [0.4, 0.5) is 0 Å². The Labute approximate surface area is 624 Å². The predicted octanol–water partition coefficient (Wildman–Crippen LogP) is 20.5. The molecule has 0 unspecified atom stereocenters. The van der Waals surface area contributed by atoms with E-state index >= 15 is 0 Å². The molecule has 0 bridgehead atoms. The number of aryl methyl sites for hydroxylation is 8. The minimum atomic E-state index is -0.469. The minimum Gasteiger partial charge on any atom is -0.493 e. The lowest BCUT2D eigenvalue weighted by molar-refractivity contribution is 0.334. The zero-order chi connectivity index (χ0) is 77.8. The highest BCUT2D eigenvalue weighted by molar-refractivity contribution is 5.84. The fraction of sp³-hybridized carbons (Fsp3) is 0.429. The molecule has 0 N–H and O–H groups in total. The van der Waals surface area contributed by atoms with Gasteiger partial charge in [0, 0.05) is 65.9 Å². The lowest BCUT2D eigenvalue weighted by Crippen LogP contribution is -2.23. The normalized spacial score (nSPS) is 12.2. The van der Waals surface area contributed by atoms with Gasteiger partial charge in [-0.2, -0.15) is 29.9 Å². The van der Waals surface area contributed by atoms with Crippen LogP contribution in [-0.2, 0) is 32.5 Å². The molecule has 0 fully saturated rings. The SMILES string of the molecule is COc1cc(C)cc(-c2cc(C)cc(C)c2Oc2nc(C(C)(C)C)nc(C(C)(C)C)n2)c1Oc1nc(Oc2c(C)cc(C)cc2-c2cc(C)cc(OC)c2Oc2nc(C(C)(C)C)nc(C(C)(C)C)n2)nc(Oc2c(OC)cc(C)cc2-c2cc(C)cc(OC)c2Oc2nc(C(C)(C)C)nc(C(C)(C)C)n2)n1. The summed E-state index contributed by atoms with van der Waals surface area (Å²) in [5, 5.41) is 0. The van der Waals surface area contributed by atoms with Crippen LogP contribution in [0.15, 0.2) is 72.8 Å². The second kappa shape index (κ2) is 29.4. The lowest BCUT2D eigenvalue weighted by atomic mass is 9.93. The summed E-state index contributed by atoms with van der Waals surface area (Å²) < 4.78 is 67.2. The largest absolute Gasteiger partial charge is 0.493 e. The Morgan fingerprint density at radius 3 is 0.538 bits per heavy atom. The van der Waals surface area contributed by atoms with Crippen LogP contribution in [0.3, 0.4) is 0 Å². The molecule has 0 aliphatic heterocycles. The van der Waals surface area contributed by atoms with Gasteiger partial charge < -0.3 is 47.4 Å². The Hall–Kier alpha value is -10.6. The van der Waals surface area contributed by atoms with Gasteiger partial charge in [-0.25, -0.2) is 15.0 Å². The molecule has 0 atom stereocenters. The smallest absolute Gasteiger partial charge is 0.331 e. The maximum Gasteiger partial charge on any atom is 0.331 e. The number of rotatable bonds is 19. The number of nitrogens with zero attached hydrogens (tertiary/aromatic N) is 12. The third-order valence-electron chi connectivity index (χ3n) is 17.0. The van der Waals surface area contributed by atoms with E-state index in [2.05, 4.69) is 41.5 Å². The molecule has 106 heavy (non-hydrogen) atoms. The van der Waals surface area contributed by atoms with Crippen molar-refractivity contribution in [1.29, 1.82) is 0 Å². The van der Waals surface area contributed by atoms with Crippen molar-refractivity contribution in [2.75, 3.05) is 28.4 Å². The minimum absolute atomic E-state index is 0.0699. The summed E-state index contributed by atoms with van der Waals surface area (Å²) >= 11 is 0. The zero-order valence-electron chi connectivity index (χ0n) is 67.4. The van der Waals surface area contributed by atoms with Crippen molar-refractivity contribution in [2.24, 2.45) is 0 Å². The van der Waals surface area contributed by atoms with Gasteiger partial charge in [0.05, 0.1) is 28.4 Å². The Kier molecular flexibility index (Phi) is 21.6. The summed E-state index contributed by atoms with van der Waals surface area (Å²) in [6.45, 7) is 52.7. The summed E-state index contributed by atoms with van der Waals surface area (Å²) in [5.41, 5.74) is 7.30. The van der Waals surface area contributed by atoms with Crippen LogP contribution in [0, 0.1) is 55.4 Å². The van der Waals surface area contributed by atoms with Crippen molar-refractivity contribution in [1.82, 2.24) is 59.8 Å². The first-order chi connectivity index (χ1) is 49.3. The standard InChI is InChI=1S/C84H102N12O10/c1-43-31-49(7)61(101-73-88-67(79(9,10)11)85-68(89-73)80(12,13)14)51(33-43)54-36-46(4)40-58(98-28)64(54)105-77-94-76(102-62-50(8)32-44(2)34-52(62)53-35-45(3)39-57(97-27)63(53)103-74-90-69(81(15,16)17)86-70(91-74)82(18,19)20)95-78(96-77)106-66-56(38-48(6)42-60(66)100-30)55-37-47(5)41-59(99-29)65(55)104-75-92-71(83(21,22)23)87-72(93-75)84(24,25)26/h31-42H,1-30H3. The molecule has 10 rings (SSSR count). The molecule has 0 saturated carbocycles. The van der Waals surface area contributed by atoms with E-state index < -0.39 is 32.5 Å². The van der Waals surface area contributed by atoms with Crippen molar-refractivity contribution in [3.05, 3.63) is 152 Å². The van der Waals surface area contributed by atoms with Crippen molar-refractivity contribution in [2.45, 2.75) is 213 Å². The van der Waals surface area contributed by atoms with Gasteiger partial charge in [-0.3, -0.25) is 0 Å². The maximum atomic E-state index is 7.20. The molecule has 6 aromatic carbocycles. The molecule has 10 aromatic rings. The molecule has 0 aliphatic rings. The fourth-order valence-corrected chi connectivity index (χ4v) is 11.6. The molecule has 0 radical (unpaired) electrons. The monoisotopic (exact) mass is 1440 g/mol. The molecule has 22 heteroatoms. The average Bonchev–Trinajstić information content (AvgIpc) is 0.774. The fourth-order valence-electron chi connectivity index (χ4n) is 11.6. The summed E-state index contributed by atoms with van der Waals surface area (Å²) in [6.07, 6.45) is 0. The Morgan fingerprint density at radius 2 is 0.358 bits per heavy atom. The van der Waals surface area contributed by atoms with E-state index in [-0.39, 0.29) is 53.3 Å². The first-order valence-electron chi connectivity index (χ1n) is 35.4. The third-order valence-corrected chi connectivity index (χ3v) is 17.0. The lowest BCUT2D eigenvalue weighted by Gasteiger charge is -2.23. The Balaban J connectivity index is 1.22. The van der Waals surface area contributed by atoms with Crippen molar-refractivity contribution in [3.8, 4) is 127 Å². The number of methoxy groups -OCH3 is 4. The second-order valence-corrected chi connectivity index (χ2v) is 33.4.